The molecule has 0 saturated carbocycles. The first-order valence-corrected chi connectivity index (χ1v) is 8.69. The molecule has 0 aliphatic carbocycles. The molecule has 2 aromatic rings. The second-order valence-corrected chi connectivity index (χ2v) is 6.88. The van der Waals surface area contributed by atoms with Crippen LogP contribution in [0.1, 0.15) is 21.1 Å². The number of nitrogens with zero attached hydrogens (tertiary/aromatic N) is 2. The van der Waals surface area contributed by atoms with Gasteiger partial charge in [0.2, 0.25) is 0 Å². The molecule has 2 N–H and O–H groups in total. The van der Waals surface area contributed by atoms with Gasteiger partial charge in [-0.2, -0.15) is 8.78 Å². The molecule has 0 aliphatic heterocycles. The Morgan fingerprint density at radius 1 is 1.32 bits per heavy atom. The zero-order chi connectivity index (χ0) is 18.4. The summed E-state index contributed by atoms with van der Waals surface area (Å²) in [5, 5.41) is 7.68. The largest absolute Gasteiger partial charge is 0.434 e. The van der Waals surface area contributed by atoms with Gasteiger partial charge in [0.15, 0.2) is 5.96 Å². The molecule has 9 heteroatoms. The average Bonchev–Trinajstić information content (AvgIpc) is 2.87. The first kappa shape index (κ1) is 19.4. The van der Waals surface area contributed by atoms with E-state index < -0.39 is 6.61 Å². The van der Waals surface area contributed by atoms with Gasteiger partial charge < -0.3 is 15.4 Å². The molecule has 0 bridgehead atoms. The minimum atomic E-state index is -2.89. The molecular weight excluding hydrogens is 370 g/mol. The number of hydrogen-bond donors (Lipinski definition) is 2. The van der Waals surface area contributed by atoms with Gasteiger partial charge in [-0.1, -0.05) is 11.6 Å². The standard InChI is InChI=1S/C16H19ClF2N4OS/c1-9-14(25-10(2)23-9)8-22-16(20-3)21-7-11-6-12(17)4-5-13(11)24-15(18)19/h4-6,15H,7-8H2,1-3H3,(H2,20,21,22). The molecule has 0 spiro atoms. The molecule has 0 radical (unpaired) electrons. The van der Waals surface area contributed by atoms with E-state index in [0.717, 1.165) is 15.6 Å². The SMILES string of the molecule is CN=C(NCc1cc(Cl)ccc1OC(F)F)NCc1sc(C)nc1C. The van der Waals surface area contributed by atoms with Crippen LogP contribution < -0.4 is 15.4 Å². The van der Waals surface area contributed by atoms with Crippen molar-refractivity contribution in [2.75, 3.05) is 7.05 Å². The van der Waals surface area contributed by atoms with Crippen molar-refractivity contribution in [2.45, 2.75) is 33.5 Å². The number of aliphatic imine (C=N–C) groups is 1. The molecule has 2 rings (SSSR count). The monoisotopic (exact) mass is 388 g/mol. The second-order valence-electron chi connectivity index (χ2n) is 5.15. The number of halogens is 3. The van der Waals surface area contributed by atoms with Gasteiger partial charge in [-0.15, -0.1) is 11.3 Å². The number of benzene rings is 1. The fraction of sp³-hybridized carbons (Fsp3) is 0.375. The van der Waals surface area contributed by atoms with Crippen molar-refractivity contribution in [3.05, 3.63) is 44.4 Å². The van der Waals surface area contributed by atoms with E-state index in [9.17, 15) is 8.78 Å². The van der Waals surface area contributed by atoms with Crippen LogP contribution in [0.4, 0.5) is 8.78 Å². The van der Waals surface area contributed by atoms with Gasteiger partial charge >= 0.3 is 6.61 Å². The molecular formula is C16H19ClF2N4OS. The Kier molecular flexibility index (Phi) is 6.95. The van der Waals surface area contributed by atoms with Gasteiger partial charge in [0.05, 0.1) is 17.2 Å². The van der Waals surface area contributed by atoms with Gasteiger partial charge in [0.25, 0.3) is 0 Å². The van der Waals surface area contributed by atoms with E-state index in [1.54, 1.807) is 24.5 Å². The average molecular weight is 389 g/mol. The molecule has 0 saturated heterocycles. The highest BCUT2D eigenvalue weighted by Crippen LogP contribution is 2.24. The first-order chi connectivity index (χ1) is 11.9. The summed E-state index contributed by atoms with van der Waals surface area (Å²) in [6.07, 6.45) is 0. The molecule has 0 amide bonds. The van der Waals surface area contributed by atoms with E-state index in [1.807, 2.05) is 13.8 Å². The number of aromatic nitrogens is 1. The third kappa shape index (κ3) is 5.82. The summed E-state index contributed by atoms with van der Waals surface area (Å²) in [7, 11) is 1.63. The maximum Gasteiger partial charge on any atom is 0.387 e. The lowest BCUT2D eigenvalue weighted by Gasteiger charge is -2.14. The molecule has 0 atom stereocenters. The Bertz CT molecular complexity index is 752. The number of alkyl halides is 2. The Labute approximate surface area is 154 Å². The predicted molar refractivity (Wildman–Crippen MR) is 96.7 cm³/mol. The summed E-state index contributed by atoms with van der Waals surface area (Å²) in [6.45, 7) is 1.83. The number of guanidine groups is 1. The summed E-state index contributed by atoms with van der Waals surface area (Å²) >= 11 is 7.56. The highest BCUT2D eigenvalue weighted by Gasteiger charge is 2.11. The second kappa shape index (κ2) is 8.96. The number of thiazole rings is 1. The fourth-order valence-corrected chi connectivity index (χ4v) is 3.27. The van der Waals surface area contributed by atoms with Crippen molar-refractivity contribution in [3.63, 3.8) is 0 Å². The van der Waals surface area contributed by atoms with Crippen molar-refractivity contribution >= 4 is 28.9 Å². The minimum Gasteiger partial charge on any atom is -0.434 e. The van der Waals surface area contributed by atoms with E-state index in [-0.39, 0.29) is 12.3 Å². The molecule has 25 heavy (non-hydrogen) atoms. The van der Waals surface area contributed by atoms with Crippen LogP contribution in [0, 0.1) is 13.8 Å². The molecule has 0 unspecified atom stereocenters. The summed E-state index contributed by atoms with van der Waals surface area (Å²) in [5.74, 6) is 0.615. The van der Waals surface area contributed by atoms with E-state index in [1.165, 1.54) is 12.1 Å². The summed E-state index contributed by atoms with van der Waals surface area (Å²) in [4.78, 5) is 9.61. The van der Waals surface area contributed by atoms with Crippen LogP contribution in [0.25, 0.3) is 0 Å². The van der Waals surface area contributed by atoms with E-state index >= 15 is 0 Å². The number of nitrogens with one attached hydrogen (secondary N) is 2. The third-order valence-corrected chi connectivity index (χ3v) is 4.63. The molecule has 0 fully saturated rings. The molecule has 0 aliphatic rings. The zero-order valence-electron chi connectivity index (χ0n) is 14.1. The van der Waals surface area contributed by atoms with Gasteiger partial charge in [-0.25, -0.2) is 4.98 Å². The van der Waals surface area contributed by atoms with Crippen molar-refractivity contribution < 1.29 is 13.5 Å². The van der Waals surface area contributed by atoms with Crippen molar-refractivity contribution in [1.82, 2.24) is 15.6 Å². The van der Waals surface area contributed by atoms with Crippen LogP contribution in [0.2, 0.25) is 5.02 Å². The molecule has 5 nitrogen and oxygen atoms in total. The number of rotatable bonds is 6. The van der Waals surface area contributed by atoms with Crippen LogP contribution in [0.3, 0.4) is 0 Å². The smallest absolute Gasteiger partial charge is 0.387 e. The third-order valence-electron chi connectivity index (χ3n) is 3.32. The maximum atomic E-state index is 12.5. The summed E-state index contributed by atoms with van der Waals surface area (Å²) in [6, 6.07) is 4.51. The van der Waals surface area contributed by atoms with Crippen LogP contribution in [-0.4, -0.2) is 24.6 Å². The van der Waals surface area contributed by atoms with Crippen LogP contribution in [0.5, 0.6) is 5.75 Å². The summed E-state index contributed by atoms with van der Waals surface area (Å²) < 4.78 is 29.5. The quantitative estimate of drug-likeness (QED) is 0.582. The van der Waals surface area contributed by atoms with Crippen molar-refractivity contribution in [1.29, 1.82) is 0 Å². The van der Waals surface area contributed by atoms with E-state index in [0.29, 0.717) is 23.1 Å². The maximum absolute atomic E-state index is 12.5. The Morgan fingerprint density at radius 3 is 2.64 bits per heavy atom. The Balaban J connectivity index is 1.98. The van der Waals surface area contributed by atoms with Crippen LogP contribution in [-0.2, 0) is 13.1 Å². The highest BCUT2D eigenvalue weighted by molar-refractivity contribution is 7.11. The Morgan fingerprint density at radius 2 is 2.04 bits per heavy atom. The Hall–Kier alpha value is -1.93. The highest BCUT2D eigenvalue weighted by atomic mass is 35.5. The summed E-state index contributed by atoms with van der Waals surface area (Å²) in [5.41, 5.74) is 1.49. The number of hydrogen-bond acceptors (Lipinski definition) is 4. The zero-order valence-corrected chi connectivity index (χ0v) is 15.6. The molecule has 1 heterocycles. The van der Waals surface area contributed by atoms with Gasteiger partial charge in [-0.05, 0) is 32.0 Å². The lowest BCUT2D eigenvalue weighted by molar-refractivity contribution is -0.0504. The van der Waals surface area contributed by atoms with Gasteiger partial charge in [0, 0.05) is 29.1 Å². The predicted octanol–water partition coefficient (Wildman–Crippen LogP) is 3.88. The van der Waals surface area contributed by atoms with Crippen molar-refractivity contribution in [3.8, 4) is 5.75 Å². The fourth-order valence-electron chi connectivity index (χ4n) is 2.20. The normalized spacial score (nSPS) is 11.7. The lowest BCUT2D eigenvalue weighted by atomic mass is 10.2. The molecule has 1 aromatic heterocycles. The van der Waals surface area contributed by atoms with Gasteiger partial charge in [-0.3, -0.25) is 4.99 Å². The molecule has 1 aromatic carbocycles. The van der Waals surface area contributed by atoms with Gasteiger partial charge in [0.1, 0.15) is 5.75 Å². The minimum absolute atomic E-state index is 0.0799. The number of ether oxygens (including phenoxy) is 1. The first-order valence-electron chi connectivity index (χ1n) is 7.49. The lowest BCUT2D eigenvalue weighted by Crippen LogP contribution is -2.36. The number of aryl methyl sites for hydroxylation is 2. The van der Waals surface area contributed by atoms with Crippen molar-refractivity contribution in [2.24, 2.45) is 4.99 Å². The molecule has 136 valence electrons. The van der Waals surface area contributed by atoms with Crippen LogP contribution in [0.15, 0.2) is 23.2 Å². The van der Waals surface area contributed by atoms with Crippen LogP contribution >= 0.6 is 22.9 Å². The van der Waals surface area contributed by atoms with E-state index in [2.05, 4.69) is 25.3 Å². The topological polar surface area (TPSA) is 58.5 Å². The van der Waals surface area contributed by atoms with E-state index in [4.69, 9.17) is 11.6 Å².